The zero-order valence-electron chi connectivity index (χ0n) is 12.4. The van der Waals surface area contributed by atoms with Gasteiger partial charge in [-0.05, 0) is 18.1 Å². The van der Waals surface area contributed by atoms with Gasteiger partial charge in [-0.25, -0.2) is 9.78 Å². The van der Waals surface area contributed by atoms with Gasteiger partial charge in [0.2, 0.25) is 5.91 Å². The lowest BCUT2D eigenvalue weighted by molar-refractivity contribution is -0.118. The molecule has 22 heavy (non-hydrogen) atoms. The summed E-state index contributed by atoms with van der Waals surface area (Å²) in [7, 11) is 0. The van der Waals surface area contributed by atoms with Gasteiger partial charge in [0.25, 0.3) is 0 Å². The van der Waals surface area contributed by atoms with Crippen molar-refractivity contribution in [2.45, 2.75) is 19.9 Å². The summed E-state index contributed by atoms with van der Waals surface area (Å²) in [4.78, 5) is 28.3. The van der Waals surface area contributed by atoms with Crippen molar-refractivity contribution in [2.75, 3.05) is 10.6 Å². The molecular formula is C15H18N4O2S. The van der Waals surface area contributed by atoms with Crippen LogP contribution in [0, 0.1) is 5.92 Å². The fraction of sp³-hybridized carbons (Fsp3) is 0.267. The Balaban J connectivity index is 1.96. The van der Waals surface area contributed by atoms with E-state index in [0.29, 0.717) is 10.8 Å². The van der Waals surface area contributed by atoms with Gasteiger partial charge in [0.15, 0.2) is 5.13 Å². The molecule has 0 aliphatic rings. The van der Waals surface area contributed by atoms with Gasteiger partial charge >= 0.3 is 6.03 Å². The summed E-state index contributed by atoms with van der Waals surface area (Å²) in [6, 6.07) is 8.00. The predicted molar refractivity (Wildman–Crippen MR) is 88.0 cm³/mol. The fourth-order valence-electron chi connectivity index (χ4n) is 1.83. The van der Waals surface area contributed by atoms with Gasteiger partial charge in [-0.1, -0.05) is 32.0 Å². The Labute approximate surface area is 133 Å². The first-order valence-electron chi connectivity index (χ1n) is 6.89. The number of benzene rings is 1. The largest absolute Gasteiger partial charge is 0.326 e. The lowest BCUT2D eigenvalue weighted by Crippen LogP contribution is -2.48. The predicted octanol–water partition coefficient (Wildman–Crippen LogP) is 2.93. The molecule has 0 bridgehead atoms. The number of amides is 3. The highest BCUT2D eigenvalue weighted by atomic mass is 32.1. The maximum atomic E-state index is 12.3. The van der Waals surface area contributed by atoms with Gasteiger partial charge < -0.3 is 16.0 Å². The van der Waals surface area contributed by atoms with Crippen molar-refractivity contribution >= 4 is 34.1 Å². The maximum absolute atomic E-state index is 12.3. The van der Waals surface area contributed by atoms with Crippen molar-refractivity contribution in [1.82, 2.24) is 10.3 Å². The normalized spacial score (nSPS) is 11.8. The second-order valence-electron chi connectivity index (χ2n) is 5.01. The molecule has 2 rings (SSSR count). The summed E-state index contributed by atoms with van der Waals surface area (Å²) >= 11 is 1.33. The molecule has 0 radical (unpaired) electrons. The van der Waals surface area contributed by atoms with Gasteiger partial charge in [-0.15, -0.1) is 11.3 Å². The molecule has 3 N–H and O–H groups in total. The number of para-hydroxylation sites is 1. The van der Waals surface area contributed by atoms with E-state index in [9.17, 15) is 9.59 Å². The first-order chi connectivity index (χ1) is 10.6. The Kier molecular flexibility index (Phi) is 5.48. The number of rotatable bonds is 5. The molecule has 0 saturated heterocycles. The smallest absolute Gasteiger partial charge is 0.319 e. The molecule has 2 aromatic rings. The Morgan fingerprint density at radius 2 is 1.86 bits per heavy atom. The number of thiazole rings is 1. The molecule has 116 valence electrons. The molecule has 1 unspecified atom stereocenters. The SMILES string of the molecule is CC(C)C(NC(=O)Nc1ccccc1)C(=O)Nc1nccs1. The Bertz CT molecular complexity index is 614. The monoisotopic (exact) mass is 318 g/mol. The molecule has 1 atom stereocenters. The minimum atomic E-state index is -0.646. The molecule has 0 aliphatic heterocycles. The van der Waals surface area contributed by atoms with E-state index in [-0.39, 0.29) is 11.8 Å². The molecule has 0 spiro atoms. The number of carbonyl (C=O) groups excluding carboxylic acids is 2. The van der Waals surface area contributed by atoms with E-state index < -0.39 is 12.1 Å². The first-order valence-corrected chi connectivity index (χ1v) is 7.77. The van der Waals surface area contributed by atoms with Gasteiger partial charge in [0, 0.05) is 17.3 Å². The van der Waals surface area contributed by atoms with Crippen LogP contribution in [0.4, 0.5) is 15.6 Å². The highest BCUT2D eigenvalue weighted by Crippen LogP contribution is 2.13. The van der Waals surface area contributed by atoms with Crippen LogP contribution in [0.15, 0.2) is 41.9 Å². The van der Waals surface area contributed by atoms with Crippen LogP contribution >= 0.6 is 11.3 Å². The second kappa shape index (κ2) is 7.56. The van der Waals surface area contributed by atoms with E-state index in [0.717, 1.165) is 0 Å². The zero-order valence-corrected chi connectivity index (χ0v) is 13.2. The molecule has 0 fully saturated rings. The van der Waals surface area contributed by atoms with E-state index in [1.807, 2.05) is 32.0 Å². The Morgan fingerprint density at radius 3 is 2.45 bits per heavy atom. The van der Waals surface area contributed by atoms with E-state index >= 15 is 0 Å². The van der Waals surface area contributed by atoms with Crippen LogP contribution in [0.1, 0.15) is 13.8 Å². The van der Waals surface area contributed by atoms with Crippen LogP contribution in [-0.4, -0.2) is 23.0 Å². The summed E-state index contributed by atoms with van der Waals surface area (Å²) in [5.74, 6) is -0.338. The fourth-order valence-corrected chi connectivity index (χ4v) is 2.37. The third-order valence-electron chi connectivity index (χ3n) is 2.93. The van der Waals surface area contributed by atoms with E-state index in [2.05, 4.69) is 20.9 Å². The van der Waals surface area contributed by atoms with Crippen LogP contribution in [-0.2, 0) is 4.79 Å². The molecule has 3 amide bonds. The summed E-state index contributed by atoms with van der Waals surface area (Å²) in [5.41, 5.74) is 0.669. The summed E-state index contributed by atoms with van der Waals surface area (Å²) in [6.07, 6.45) is 1.61. The molecule has 1 aromatic heterocycles. The number of aromatic nitrogens is 1. The second-order valence-corrected chi connectivity index (χ2v) is 5.91. The lowest BCUT2D eigenvalue weighted by Gasteiger charge is -2.21. The highest BCUT2D eigenvalue weighted by Gasteiger charge is 2.24. The molecule has 7 heteroatoms. The molecule has 0 saturated carbocycles. The molecule has 0 aliphatic carbocycles. The minimum absolute atomic E-state index is 0.0542. The van der Waals surface area contributed by atoms with Crippen molar-refractivity contribution in [3.05, 3.63) is 41.9 Å². The number of nitrogens with one attached hydrogen (secondary N) is 3. The highest BCUT2D eigenvalue weighted by molar-refractivity contribution is 7.13. The number of nitrogens with zero attached hydrogens (tertiary/aromatic N) is 1. The van der Waals surface area contributed by atoms with Crippen molar-refractivity contribution in [1.29, 1.82) is 0 Å². The molecule has 1 aromatic carbocycles. The van der Waals surface area contributed by atoms with Crippen molar-refractivity contribution in [3.8, 4) is 0 Å². The number of hydrogen-bond acceptors (Lipinski definition) is 4. The standard InChI is InChI=1S/C15H18N4O2S/c1-10(2)12(13(20)19-15-16-8-9-22-15)18-14(21)17-11-6-4-3-5-7-11/h3-10,12H,1-2H3,(H,16,19,20)(H2,17,18,21). The molecule has 6 nitrogen and oxygen atoms in total. The van der Waals surface area contributed by atoms with Crippen LogP contribution < -0.4 is 16.0 Å². The van der Waals surface area contributed by atoms with Crippen LogP contribution in [0.5, 0.6) is 0 Å². The topological polar surface area (TPSA) is 83.1 Å². The van der Waals surface area contributed by atoms with E-state index in [1.165, 1.54) is 11.3 Å². The van der Waals surface area contributed by atoms with Gasteiger partial charge in [-0.2, -0.15) is 0 Å². The third kappa shape index (κ3) is 4.56. The number of urea groups is 1. The van der Waals surface area contributed by atoms with E-state index in [1.54, 1.807) is 23.7 Å². The Hall–Kier alpha value is -2.41. The molecule has 1 heterocycles. The van der Waals surface area contributed by atoms with Crippen LogP contribution in [0.3, 0.4) is 0 Å². The van der Waals surface area contributed by atoms with Crippen LogP contribution in [0.2, 0.25) is 0 Å². The molecular weight excluding hydrogens is 300 g/mol. The van der Waals surface area contributed by atoms with E-state index in [4.69, 9.17) is 0 Å². The van der Waals surface area contributed by atoms with Crippen molar-refractivity contribution in [3.63, 3.8) is 0 Å². The van der Waals surface area contributed by atoms with Crippen molar-refractivity contribution < 1.29 is 9.59 Å². The minimum Gasteiger partial charge on any atom is -0.326 e. The number of carbonyl (C=O) groups is 2. The quantitative estimate of drug-likeness (QED) is 0.792. The lowest BCUT2D eigenvalue weighted by atomic mass is 10.0. The first kappa shape index (κ1) is 16.0. The zero-order chi connectivity index (χ0) is 15.9. The third-order valence-corrected chi connectivity index (χ3v) is 3.62. The number of hydrogen-bond donors (Lipinski definition) is 3. The van der Waals surface area contributed by atoms with Gasteiger partial charge in [0.05, 0.1) is 0 Å². The van der Waals surface area contributed by atoms with Gasteiger partial charge in [-0.3, -0.25) is 4.79 Å². The van der Waals surface area contributed by atoms with Crippen molar-refractivity contribution in [2.24, 2.45) is 5.92 Å². The van der Waals surface area contributed by atoms with Gasteiger partial charge in [0.1, 0.15) is 6.04 Å². The number of anilines is 2. The average molecular weight is 318 g/mol. The summed E-state index contributed by atoms with van der Waals surface area (Å²) < 4.78 is 0. The summed E-state index contributed by atoms with van der Waals surface area (Å²) in [6.45, 7) is 3.74. The Morgan fingerprint density at radius 1 is 1.14 bits per heavy atom. The average Bonchev–Trinajstić information content (AvgIpc) is 2.98. The van der Waals surface area contributed by atoms with Crippen LogP contribution in [0.25, 0.3) is 0 Å². The maximum Gasteiger partial charge on any atom is 0.319 e. The summed E-state index contributed by atoms with van der Waals surface area (Å²) in [5, 5.41) is 10.4.